The van der Waals surface area contributed by atoms with Crippen LogP contribution in [0.4, 0.5) is 0 Å². The van der Waals surface area contributed by atoms with Crippen molar-refractivity contribution in [1.82, 2.24) is 10.3 Å². The molecule has 0 radical (unpaired) electrons. The number of carbonyl (C=O) groups excluding carboxylic acids is 1. The van der Waals surface area contributed by atoms with Crippen LogP contribution in [0.3, 0.4) is 0 Å². The lowest BCUT2D eigenvalue weighted by molar-refractivity contribution is 0.0957. The number of rotatable bonds is 8. The Morgan fingerprint density at radius 2 is 2.33 bits per heavy atom. The van der Waals surface area contributed by atoms with Crippen molar-refractivity contribution in [3.8, 4) is 0 Å². The standard InChI is InChI=1S/C13H20N2OS2/c1-3-5-6-7-8-9-14-12(16)11-10-15-13(18-11)17-4-2/h5-6,10H,3-4,7-9H2,1-2H3,(H,14,16)/b6-5+. The summed E-state index contributed by atoms with van der Waals surface area (Å²) in [7, 11) is 0. The molecule has 1 rings (SSSR count). The Bertz CT molecular complexity index is 388. The zero-order valence-electron chi connectivity index (χ0n) is 10.9. The highest BCUT2D eigenvalue weighted by molar-refractivity contribution is 8.01. The third-order valence-corrected chi connectivity index (χ3v) is 4.25. The normalized spacial score (nSPS) is 11.0. The van der Waals surface area contributed by atoms with Crippen molar-refractivity contribution in [2.45, 2.75) is 37.4 Å². The lowest BCUT2D eigenvalue weighted by Gasteiger charge is -2.00. The largest absolute Gasteiger partial charge is 0.351 e. The molecular weight excluding hydrogens is 264 g/mol. The van der Waals surface area contributed by atoms with Gasteiger partial charge in [-0.3, -0.25) is 4.79 Å². The van der Waals surface area contributed by atoms with Gasteiger partial charge in [0.15, 0.2) is 4.34 Å². The molecule has 0 aliphatic heterocycles. The number of thiazole rings is 1. The second-order valence-electron chi connectivity index (χ2n) is 3.70. The molecule has 1 amide bonds. The summed E-state index contributed by atoms with van der Waals surface area (Å²) >= 11 is 3.13. The summed E-state index contributed by atoms with van der Waals surface area (Å²) < 4.78 is 0.966. The minimum absolute atomic E-state index is 0.00470. The molecule has 0 aromatic carbocycles. The van der Waals surface area contributed by atoms with Crippen molar-refractivity contribution in [3.63, 3.8) is 0 Å². The van der Waals surface area contributed by atoms with Gasteiger partial charge in [-0.25, -0.2) is 4.98 Å². The average Bonchev–Trinajstić information content (AvgIpc) is 2.82. The van der Waals surface area contributed by atoms with Gasteiger partial charge < -0.3 is 5.32 Å². The number of carbonyl (C=O) groups is 1. The Hall–Kier alpha value is -0.810. The Morgan fingerprint density at radius 1 is 1.50 bits per heavy atom. The molecule has 1 N–H and O–H groups in total. The number of hydrogen-bond donors (Lipinski definition) is 1. The third kappa shape index (κ3) is 5.69. The van der Waals surface area contributed by atoms with E-state index in [1.165, 1.54) is 11.3 Å². The number of thioether (sulfide) groups is 1. The molecule has 0 saturated carbocycles. The van der Waals surface area contributed by atoms with Crippen LogP contribution in [0.5, 0.6) is 0 Å². The van der Waals surface area contributed by atoms with E-state index in [1.807, 2.05) is 0 Å². The quantitative estimate of drug-likeness (QED) is 0.449. The van der Waals surface area contributed by atoms with Crippen molar-refractivity contribution in [2.75, 3.05) is 12.3 Å². The van der Waals surface area contributed by atoms with Gasteiger partial charge in [0.05, 0.1) is 6.20 Å². The molecule has 0 unspecified atom stereocenters. The Balaban J connectivity index is 2.25. The molecule has 3 nitrogen and oxygen atoms in total. The van der Waals surface area contributed by atoms with Crippen LogP contribution in [0.1, 0.15) is 42.8 Å². The van der Waals surface area contributed by atoms with Crippen LogP contribution in [-0.2, 0) is 0 Å². The van der Waals surface area contributed by atoms with E-state index in [1.54, 1.807) is 18.0 Å². The fourth-order valence-electron chi connectivity index (χ4n) is 1.35. The first-order valence-corrected chi connectivity index (χ1v) is 8.10. The Labute approximate surface area is 117 Å². The predicted molar refractivity (Wildman–Crippen MR) is 79.5 cm³/mol. The van der Waals surface area contributed by atoms with E-state index >= 15 is 0 Å². The summed E-state index contributed by atoms with van der Waals surface area (Å²) in [5, 5.41) is 2.92. The van der Waals surface area contributed by atoms with E-state index in [-0.39, 0.29) is 5.91 Å². The summed E-state index contributed by atoms with van der Waals surface area (Å²) in [5.41, 5.74) is 0. The van der Waals surface area contributed by atoms with Crippen molar-refractivity contribution in [2.24, 2.45) is 0 Å². The van der Waals surface area contributed by atoms with Gasteiger partial charge >= 0.3 is 0 Å². The highest BCUT2D eigenvalue weighted by Gasteiger charge is 2.09. The number of amides is 1. The highest BCUT2D eigenvalue weighted by Crippen LogP contribution is 2.23. The van der Waals surface area contributed by atoms with E-state index in [2.05, 4.69) is 36.3 Å². The van der Waals surface area contributed by atoms with E-state index in [0.29, 0.717) is 4.88 Å². The maximum Gasteiger partial charge on any atom is 0.263 e. The van der Waals surface area contributed by atoms with E-state index < -0.39 is 0 Å². The van der Waals surface area contributed by atoms with Gasteiger partial charge in [-0.05, 0) is 25.0 Å². The maximum absolute atomic E-state index is 11.8. The minimum Gasteiger partial charge on any atom is -0.351 e. The van der Waals surface area contributed by atoms with Gasteiger partial charge in [0.2, 0.25) is 0 Å². The Morgan fingerprint density at radius 3 is 3.06 bits per heavy atom. The smallest absolute Gasteiger partial charge is 0.263 e. The molecule has 0 saturated heterocycles. The molecule has 0 spiro atoms. The fourth-order valence-corrected chi connectivity index (χ4v) is 3.14. The second kappa shape index (κ2) is 9.16. The first-order valence-electron chi connectivity index (χ1n) is 6.29. The SMILES string of the molecule is CC/C=C/CCCNC(=O)c1cnc(SCC)s1. The van der Waals surface area contributed by atoms with Crippen LogP contribution in [0.25, 0.3) is 0 Å². The zero-order valence-corrected chi connectivity index (χ0v) is 12.6. The minimum atomic E-state index is -0.00470. The monoisotopic (exact) mass is 284 g/mol. The first kappa shape index (κ1) is 15.2. The average molecular weight is 284 g/mol. The first-order chi connectivity index (χ1) is 8.77. The maximum atomic E-state index is 11.8. The predicted octanol–water partition coefficient (Wildman–Crippen LogP) is 3.73. The van der Waals surface area contributed by atoms with Crippen LogP contribution >= 0.6 is 23.1 Å². The molecule has 0 fully saturated rings. The van der Waals surface area contributed by atoms with Gasteiger partial charge in [0, 0.05) is 6.54 Å². The van der Waals surface area contributed by atoms with Crippen molar-refractivity contribution in [3.05, 3.63) is 23.2 Å². The highest BCUT2D eigenvalue weighted by atomic mass is 32.2. The molecule has 18 heavy (non-hydrogen) atoms. The molecule has 0 aliphatic rings. The number of unbranched alkanes of at least 4 members (excludes halogenated alkanes) is 1. The number of allylic oxidation sites excluding steroid dienone is 2. The molecule has 0 atom stereocenters. The van der Waals surface area contributed by atoms with Gasteiger partial charge in [0.1, 0.15) is 4.88 Å². The zero-order chi connectivity index (χ0) is 13.2. The van der Waals surface area contributed by atoms with E-state index in [4.69, 9.17) is 0 Å². The van der Waals surface area contributed by atoms with Crippen LogP contribution in [-0.4, -0.2) is 23.2 Å². The molecular formula is C13H20N2OS2. The van der Waals surface area contributed by atoms with Crippen LogP contribution in [0.2, 0.25) is 0 Å². The van der Waals surface area contributed by atoms with Crippen LogP contribution < -0.4 is 5.32 Å². The van der Waals surface area contributed by atoms with Crippen LogP contribution in [0, 0.1) is 0 Å². The summed E-state index contributed by atoms with van der Waals surface area (Å²) in [6, 6.07) is 0. The molecule has 0 bridgehead atoms. The summed E-state index contributed by atoms with van der Waals surface area (Å²) in [5.74, 6) is 0.980. The Kier molecular flexibility index (Phi) is 7.76. The van der Waals surface area contributed by atoms with Gasteiger partial charge in [0.25, 0.3) is 5.91 Å². The number of hydrogen-bond acceptors (Lipinski definition) is 4. The molecule has 100 valence electrons. The van der Waals surface area contributed by atoms with Gasteiger partial charge in [-0.15, -0.1) is 11.3 Å². The lowest BCUT2D eigenvalue weighted by atomic mass is 10.2. The summed E-state index contributed by atoms with van der Waals surface area (Å²) in [6.45, 7) is 4.92. The number of nitrogens with one attached hydrogen (secondary N) is 1. The molecule has 5 heteroatoms. The molecule has 0 aliphatic carbocycles. The van der Waals surface area contributed by atoms with Crippen molar-refractivity contribution < 1.29 is 4.79 Å². The van der Waals surface area contributed by atoms with Crippen LogP contribution in [0.15, 0.2) is 22.7 Å². The number of nitrogens with zero attached hydrogens (tertiary/aromatic N) is 1. The fraction of sp³-hybridized carbons (Fsp3) is 0.538. The topological polar surface area (TPSA) is 42.0 Å². The van der Waals surface area contributed by atoms with Gasteiger partial charge in [-0.1, -0.05) is 37.8 Å². The molecule has 1 heterocycles. The summed E-state index contributed by atoms with van der Waals surface area (Å²) in [4.78, 5) is 16.7. The second-order valence-corrected chi connectivity index (χ2v) is 6.24. The molecule has 1 aromatic heterocycles. The molecule has 1 aromatic rings. The third-order valence-electron chi connectivity index (χ3n) is 2.21. The summed E-state index contributed by atoms with van der Waals surface area (Å²) in [6.07, 6.45) is 9.06. The van der Waals surface area contributed by atoms with E-state index in [0.717, 1.165) is 35.9 Å². The number of aromatic nitrogens is 1. The van der Waals surface area contributed by atoms with Crippen molar-refractivity contribution >= 4 is 29.0 Å². The lowest BCUT2D eigenvalue weighted by Crippen LogP contribution is -2.23. The van der Waals surface area contributed by atoms with Crippen molar-refractivity contribution in [1.29, 1.82) is 0 Å². The van der Waals surface area contributed by atoms with Gasteiger partial charge in [-0.2, -0.15) is 0 Å². The van der Waals surface area contributed by atoms with E-state index in [9.17, 15) is 4.79 Å².